The molecule has 12 heteroatoms. The number of anilines is 1. The van der Waals surface area contributed by atoms with Crippen LogP contribution >= 0.6 is 11.6 Å². The molecule has 2 aromatic carbocycles. The molecule has 9 nitrogen and oxygen atoms in total. The van der Waals surface area contributed by atoms with Crippen molar-refractivity contribution in [3.05, 3.63) is 65.8 Å². The molecule has 1 amide bonds. The summed E-state index contributed by atoms with van der Waals surface area (Å²) in [6.45, 7) is 9.84. The van der Waals surface area contributed by atoms with Crippen molar-refractivity contribution in [3.63, 3.8) is 0 Å². The van der Waals surface area contributed by atoms with Gasteiger partial charge in [-0.25, -0.2) is 8.78 Å². The van der Waals surface area contributed by atoms with Gasteiger partial charge in [-0.2, -0.15) is 9.97 Å². The molecule has 0 spiro atoms. The van der Waals surface area contributed by atoms with E-state index in [1.807, 2.05) is 11.9 Å². The van der Waals surface area contributed by atoms with Crippen molar-refractivity contribution in [3.8, 4) is 17.3 Å². The van der Waals surface area contributed by atoms with Crippen LogP contribution in [0.15, 0.2) is 49.2 Å². The van der Waals surface area contributed by atoms with Crippen LogP contribution in [-0.4, -0.2) is 107 Å². The molecule has 4 aliphatic heterocycles. The average molecular weight is 690 g/mol. The Labute approximate surface area is 290 Å². The number of hydrogen-bond acceptors (Lipinski definition) is 8. The number of carbonyl (C=O) groups is 1. The third kappa shape index (κ3) is 6.32. The Morgan fingerprint density at radius 1 is 1.10 bits per heavy atom. The van der Waals surface area contributed by atoms with Crippen molar-refractivity contribution < 1.29 is 18.3 Å². The van der Waals surface area contributed by atoms with E-state index >= 15 is 4.39 Å². The molecule has 258 valence electrons. The largest absolute Gasteiger partial charge is 0.461 e. The van der Waals surface area contributed by atoms with Crippen LogP contribution < -0.4 is 9.64 Å². The van der Waals surface area contributed by atoms with E-state index in [9.17, 15) is 9.18 Å². The number of fused-ring (bicyclic) bond motifs is 3. The summed E-state index contributed by atoms with van der Waals surface area (Å²) in [4.78, 5) is 34.7. The van der Waals surface area contributed by atoms with Gasteiger partial charge in [0.15, 0.2) is 5.82 Å². The number of amides is 1. The average Bonchev–Trinajstić information content (AvgIpc) is 3.85. The predicted molar refractivity (Wildman–Crippen MR) is 189 cm³/mol. The lowest BCUT2D eigenvalue weighted by Crippen LogP contribution is -2.43. The lowest BCUT2D eigenvalue weighted by atomic mass is 9.95. The third-order valence-electron chi connectivity index (χ3n) is 10.7. The summed E-state index contributed by atoms with van der Waals surface area (Å²) in [6.07, 6.45) is 9.32. The molecule has 0 aliphatic carbocycles. The molecular weight excluding hydrogens is 648 g/mol. The number of benzene rings is 2. The van der Waals surface area contributed by atoms with Crippen molar-refractivity contribution >= 4 is 45.0 Å². The maximum Gasteiger partial charge on any atom is 0.319 e. The fourth-order valence-corrected chi connectivity index (χ4v) is 8.02. The molecule has 4 saturated heterocycles. The highest BCUT2D eigenvalue weighted by atomic mass is 35.5. The Morgan fingerprint density at radius 3 is 2.55 bits per heavy atom. The van der Waals surface area contributed by atoms with Crippen LogP contribution in [0.2, 0.25) is 5.02 Å². The Morgan fingerprint density at radius 2 is 1.86 bits per heavy atom. The van der Waals surface area contributed by atoms with Gasteiger partial charge in [0.05, 0.1) is 15.9 Å². The number of halogens is 3. The zero-order valence-electron chi connectivity index (χ0n) is 28.1. The predicted octanol–water partition coefficient (Wildman–Crippen LogP) is 6.33. The first kappa shape index (κ1) is 33.6. The number of ether oxygens (including phenoxy) is 1. The minimum absolute atomic E-state index is 0.00817. The van der Waals surface area contributed by atoms with Gasteiger partial charge < -0.3 is 19.4 Å². The van der Waals surface area contributed by atoms with Gasteiger partial charge in [0.1, 0.15) is 29.5 Å². The van der Waals surface area contributed by atoms with Crippen LogP contribution in [0.25, 0.3) is 32.9 Å². The van der Waals surface area contributed by atoms with Crippen molar-refractivity contribution in [2.24, 2.45) is 0 Å². The number of pyridine rings is 1. The summed E-state index contributed by atoms with van der Waals surface area (Å²) >= 11 is 6.39. The first-order valence-electron chi connectivity index (χ1n) is 17.1. The number of nitrogens with zero attached hydrogens (tertiary/aromatic N) is 7. The zero-order valence-corrected chi connectivity index (χ0v) is 28.9. The lowest BCUT2D eigenvalue weighted by Gasteiger charge is -2.31. The first-order chi connectivity index (χ1) is 23.7. The molecule has 4 aliphatic rings. The summed E-state index contributed by atoms with van der Waals surface area (Å²) in [6, 6.07) is 8.15. The molecule has 1 unspecified atom stereocenters. The van der Waals surface area contributed by atoms with Crippen LogP contribution in [0, 0.1) is 11.6 Å². The van der Waals surface area contributed by atoms with Crippen LogP contribution in [0.5, 0.6) is 6.01 Å². The summed E-state index contributed by atoms with van der Waals surface area (Å²) in [5, 5.41) is 1.36. The van der Waals surface area contributed by atoms with Gasteiger partial charge >= 0.3 is 6.01 Å². The smallest absolute Gasteiger partial charge is 0.319 e. The number of likely N-dealkylation sites (N-methyl/N-ethyl adjacent to an activating group) is 1. The number of likely N-dealkylation sites (tertiary alicyclic amines) is 2. The second kappa shape index (κ2) is 13.8. The molecule has 2 aromatic heterocycles. The van der Waals surface area contributed by atoms with Gasteiger partial charge in [0.2, 0.25) is 5.91 Å². The standard InChI is InChI=1S/C33H33ClF2N6O2.C4H9N/c1-3-25(43)41-16-11-21(18-41)40(2)31-23-17-37-29(22-8-4-7-20-9-10-24(35)27(34)26(20)22)28(36)30(23)38-32(39-31)44-19-33-12-5-14-42(33)15-6-13-33;1-5-3-2-4-5/h3-4,7-10,17,21H,1,5-6,11-16,18-19H2,2H3;2-4H2,1H3. The van der Waals surface area contributed by atoms with Crippen molar-refractivity contribution in [1.29, 1.82) is 0 Å². The maximum atomic E-state index is 16.6. The quantitative estimate of drug-likeness (QED) is 0.209. The number of hydrogen-bond donors (Lipinski definition) is 0. The van der Waals surface area contributed by atoms with Crippen LogP contribution in [0.3, 0.4) is 0 Å². The van der Waals surface area contributed by atoms with Gasteiger partial charge in [-0.05, 0) is 89.3 Å². The first-order valence-corrected chi connectivity index (χ1v) is 17.5. The minimum atomic E-state index is -0.673. The van der Waals surface area contributed by atoms with Gasteiger partial charge in [-0.1, -0.05) is 42.4 Å². The van der Waals surface area contributed by atoms with Crippen molar-refractivity contribution in [1.82, 2.24) is 29.7 Å². The normalized spacial score (nSPS) is 20.2. The zero-order chi connectivity index (χ0) is 34.3. The maximum absolute atomic E-state index is 16.6. The van der Waals surface area contributed by atoms with Crippen LogP contribution in [-0.2, 0) is 4.79 Å². The van der Waals surface area contributed by atoms with Crippen molar-refractivity contribution in [2.45, 2.75) is 50.1 Å². The van der Waals surface area contributed by atoms with Gasteiger partial charge in [-0.15, -0.1) is 0 Å². The van der Waals surface area contributed by atoms with E-state index in [1.54, 1.807) is 35.4 Å². The van der Waals surface area contributed by atoms with E-state index < -0.39 is 11.6 Å². The Balaban J connectivity index is 0.000000695. The Kier molecular flexibility index (Phi) is 9.43. The molecule has 0 saturated carbocycles. The SMILES string of the molecule is C=CC(=O)N1CCC(N(C)c2nc(OCC34CCCN3CCC4)nc3c(F)c(-c4cccc5ccc(F)c(Cl)c45)ncc23)C1.CN1CCC1. The van der Waals surface area contributed by atoms with E-state index in [2.05, 4.69) is 33.4 Å². The lowest BCUT2D eigenvalue weighted by molar-refractivity contribution is -0.125. The van der Waals surface area contributed by atoms with Crippen LogP contribution in [0.4, 0.5) is 14.6 Å². The third-order valence-corrected chi connectivity index (χ3v) is 11.1. The summed E-state index contributed by atoms with van der Waals surface area (Å²) < 4.78 is 37.5. The molecule has 0 radical (unpaired) electrons. The molecule has 8 rings (SSSR count). The van der Waals surface area contributed by atoms with E-state index in [-0.39, 0.29) is 39.7 Å². The highest BCUT2D eigenvalue weighted by molar-refractivity contribution is 6.36. The summed E-state index contributed by atoms with van der Waals surface area (Å²) in [7, 11) is 4.02. The number of aromatic nitrogens is 3. The molecule has 0 N–H and O–H groups in total. The topological polar surface area (TPSA) is 77.9 Å². The number of rotatable bonds is 7. The Bertz CT molecular complexity index is 1890. The van der Waals surface area contributed by atoms with Crippen LogP contribution in [0.1, 0.15) is 38.5 Å². The van der Waals surface area contributed by atoms with E-state index in [0.717, 1.165) is 38.8 Å². The molecule has 1 atom stereocenters. The van der Waals surface area contributed by atoms with E-state index in [1.165, 1.54) is 31.7 Å². The van der Waals surface area contributed by atoms with Gasteiger partial charge in [0, 0.05) is 43.3 Å². The molecule has 4 fully saturated rings. The van der Waals surface area contributed by atoms with E-state index in [0.29, 0.717) is 53.7 Å². The highest BCUT2D eigenvalue weighted by Gasteiger charge is 2.45. The molecule has 4 aromatic rings. The monoisotopic (exact) mass is 689 g/mol. The molecule has 49 heavy (non-hydrogen) atoms. The van der Waals surface area contributed by atoms with Gasteiger partial charge in [0.25, 0.3) is 0 Å². The van der Waals surface area contributed by atoms with E-state index in [4.69, 9.17) is 21.3 Å². The second-order valence-corrected chi connectivity index (χ2v) is 14.1. The summed E-state index contributed by atoms with van der Waals surface area (Å²) in [5.74, 6) is -0.928. The minimum Gasteiger partial charge on any atom is -0.461 e. The molecule has 6 heterocycles. The summed E-state index contributed by atoms with van der Waals surface area (Å²) in [5.41, 5.74) is 0.375. The Hall–Kier alpha value is -3.93. The fourth-order valence-electron chi connectivity index (χ4n) is 7.74. The van der Waals surface area contributed by atoms with Gasteiger partial charge in [-0.3, -0.25) is 14.7 Å². The second-order valence-electron chi connectivity index (χ2n) is 13.7. The highest BCUT2D eigenvalue weighted by Crippen LogP contribution is 2.41. The molecule has 0 bridgehead atoms. The molecular formula is C37H42ClF2N7O2. The fraction of sp³-hybridized carbons (Fsp3) is 0.459. The van der Waals surface area contributed by atoms with Crippen molar-refractivity contribution in [2.75, 3.05) is 64.9 Å². The number of carbonyl (C=O) groups excluding carboxylic acids is 1.